The summed E-state index contributed by atoms with van der Waals surface area (Å²) in [4.78, 5) is 51.1. The number of nitrogens with two attached hydrogens (primary N) is 1. The van der Waals surface area contributed by atoms with E-state index in [0.717, 1.165) is 4.90 Å². The number of carboxylic acid groups (broad SMARTS) is 1. The number of anilines is 2. The van der Waals surface area contributed by atoms with Gasteiger partial charge in [0.15, 0.2) is 0 Å². The Labute approximate surface area is 211 Å². The quantitative estimate of drug-likeness (QED) is 0.363. The van der Waals surface area contributed by atoms with E-state index in [-0.39, 0.29) is 22.9 Å². The second kappa shape index (κ2) is 10.2. The fraction of sp³-hybridized carbons (Fsp3) is 0.250. The van der Waals surface area contributed by atoms with Crippen molar-refractivity contribution in [3.05, 3.63) is 60.7 Å². The smallest absolute Gasteiger partial charge is 0.307 e. The fourth-order valence-electron chi connectivity index (χ4n) is 4.15. The number of sulfonamides is 1. The van der Waals surface area contributed by atoms with Crippen LogP contribution in [0.25, 0.3) is 0 Å². The van der Waals surface area contributed by atoms with E-state index in [0.29, 0.717) is 23.4 Å². The molecule has 2 aliphatic rings. The first-order valence-corrected chi connectivity index (χ1v) is 13.4. The SMILES string of the molecule is NS(=O)(=O)c1ccc(N2C(=O)CC(Sc3ccc(NC(=O)C4CC=CCC4C(=O)O)cc3)C2=O)cc1. The summed E-state index contributed by atoms with van der Waals surface area (Å²) in [5.41, 5.74) is 0.754. The van der Waals surface area contributed by atoms with E-state index < -0.39 is 44.9 Å². The van der Waals surface area contributed by atoms with Gasteiger partial charge >= 0.3 is 5.97 Å². The lowest BCUT2D eigenvalue weighted by Gasteiger charge is -2.24. The summed E-state index contributed by atoms with van der Waals surface area (Å²) in [6.07, 6.45) is 4.22. The van der Waals surface area contributed by atoms with E-state index in [1.165, 1.54) is 36.0 Å². The van der Waals surface area contributed by atoms with Gasteiger partial charge in [0.1, 0.15) is 0 Å². The molecule has 3 amide bonds. The summed E-state index contributed by atoms with van der Waals surface area (Å²) in [5.74, 6) is -3.62. The van der Waals surface area contributed by atoms with Crippen molar-refractivity contribution in [3.63, 3.8) is 0 Å². The van der Waals surface area contributed by atoms with E-state index in [1.807, 2.05) is 0 Å². The topological polar surface area (TPSA) is 164 Å². The van der Waals surface area contributed by atoms with Crippen molar-refractivity contribution in [2.75, 3.05) is 10.2 Å². The number of thioether (sulfide) groups is 1. The summed E-state index contributed by atoms with van der Waals surface area (Å²) < 4.78 is 22.9. The third kappa shape index (κ3) is 5.50. The molecular formula is C24H23N3O7S2. The Morgan fingerprint density at radius 3 is 2.17 bits per heavy atom. The maximum atomic E-state index is 12.9. The van der Waals surface area contributed by atoms with Crippen molar-refractivity contribution in [1.82, 2.24) is 0 Å². The Balaban J connectivity index is 1.39. The van der Waals surface area contributed by atoms with Crippen LogP contribution in [0.1, 0.15) is 19.3 Å². The normalized spacial score (nSPS) is 22.0. The van der Waals surface area contributed by atoms with Crippen LogP contribution in [0.15, 0.2) is 70.5 Å². The van der Waals surface area contributed by atoms with Gasteiger partial charge in [-0.3, -0.25) is 19.2 Å². The molecule has 188 valence electrons. The highest BCUT2D eigenvalue weighted by molar-refractivity contribution is 8.00. The third-order valence-corrected chi connectivity index (χ3v) is 8.14. The van der Waals surface area contributed by atoms with E-state index >= 15 is 0 Å². The summed E-state index contributed by atoms with van der Waals surface area (Å²) >= 11 is 1.20. The number of primary sulfonamides is 1. The Hall–Kier alpha value is -3.48. The molecule has 0 radical (unpaired) electrons. The molecule has 2 aromatic rings. The molecule has 1 fully saturated rings. The number of carboxylic acids is 1. The van der Waals surface area contributed by atoms with Crippen LogP contribution < -0.4 is 15.4 Å². The molecule has 3 atom stereocenters. The summed E-state index contributed by atoms with van der Waals surface area (Å²) in [7, 11) is -3.89. The van der Waals surface area contributed by atoms with E-state index in [4.69, 9.17) is 5.14 Å². The Bertz CT molecular complexity index is 1340. The van der Waals surface area contributed by atoms with Gasteiger partial charge in [0.2, 0.25) is 27.7 Å². The zero-order valence-corrected chi connectivity index (χ0v) is 20.5. The Morgan fingerprint density at radius 2 is 1.58 bits per heavy atom. The van der Waals surface area contributed by atoms with Crippen molar-refractivity contribution in [1.29, 1.82) is 0 Å². The highest BCUT2D eigenvalue weighted by Gasteiger charge is 2.40. The van der Waals surface area contributed by atoms with Crippen LogP contribution in [-0.4, -0.2) is 42.5 Å². The van der Waals surface area contributed by atoms with Crippen LogP contribution in [0.5, 0.6) is 0 Å². The minimum absolute atomic E-state index is 0.0231. The number of benzene rings is 2. The number of aliphatic carboxylic acids is 1. The molecule has 0 aromatic heterocycles. The molecule has 1 heterocycles. The first-order chi connectivity index (χ1) is 17.0. The lowest BCUT2D eigenvalue weighted by Crippen LogP contribution is -2.34. The molecule has 1 saturated heterocycles. The van der Waals surface area contributed by atoms with Gasteiger partial charge < -0.3 is 10.4 Å². The van der Waals surface area contributed by atoms with Gasteiger partial charge in [0, 0.05) is 17.0 Å². The number of hydrogen-bond acceptors (Lipinski definition) is 7. The molecule has 2 aromatic carbocycles. The minimum Gasteiger partial charge on any atom is -0.481 e. The lowest BCUT2D eigenvalue weighted by molar-refractivity contribution is -0.146. The maximum Gasteiger partial charge on any atom is 0.307 e. The number of imide groups is 1. The number of hydrogen-bond donors (Lipinski definition) is 3. The van der Waals surface area contributed by atoms with Crippen molar-refractivity contribution in [3.8, 4) is 0 Å². The van der Waals surface area contributed by atoms with Gasteiger partial charge in [0.05, 0.1) is 27.7 Å². The molecule has 36 heavy (non-hydrogen) atoms. The molecule has 10 nitrogen and oxygen atoms in total. The van der Waals surface area contributed by atoms with Crippen LogP contribution in [0.3, 0.4) is 0 Å². The van der Waals surface area contributed by atoms with Gasteiger partial charge in [-0.1, -0.05) is 12.2 Å². The molecule has 4 N–H and O–H groups in total. The van der Waals surface area contributed by atoms with Gasteiger partial charge in [0.25, 0.3) is 0 Å². The first-order valence-electron chi connectivity index (χ1n) is 11.0. The number of rotatable bonds is 7. The van der Waals surface area contributed by atoms with Crippen LogP contribution >= 0.6 is 11.8 Å². The maximum absolute atomic E-state index is 12.9. The van der Waals surface area contributed by atoms with Crippen molar-refractivity contribution in [2.24, 2.45) is 17.0 Å². The predicted molar refractivity (Wildman–Crippen MR) is 133 cm³/mol. The largest absolute Gasteiger partial charge is 0.481 e. The number of carbonyl (C=O) groups is 4. The summed E-state index contributed by atoms with van der Waals surface area (Å²) in [6.45, 7) is 0. The first kappa shape index (κ1) is 25.6. The molecule has 0 bridgehead atoms. The van der Waals surface area contributed by atoms with Crippen LogP contribution in [0, 0.1) is 11.8 Å². The molecule has 1 aliphatic heterocycles. The molecular weight excluding hydrogens is 506 g/mol. The van der Waals surface area contributed by atoms with Gasteiger partial charge in [-0.15, -0.1) is 11.8 Å². The monoisotopic (exact) mass is 529 g/mol. The standard InChI is InChI=1S/C24H23N3O7S2/c25-36(33,34)17-11-7-15(8-12-17)27-21(28)13-20(23(27)30)35-16-9-5-14(6-10-16)26-22(29)18-3-1-2-4-19(18)24(31)32/h1-2,5-12,18-20H,3-4,13H2,(H,26,29)(H,31,32)(H2,25,33,34). The van der Waals surface area contributed by atoms with Crippen LogP contribution in [0.4, 0.5) is 11.4 Å². The van der Waals surface area contributed by atoms with Crippen molar-refractivity contribution >= 4 is 56.9 Å². The highest BCUT2D eigenvalue weighted by atomic mass is 32.2. The number of nitrogens with zero attached hydrogens (tertiary/aromatic N) is 1. The second-order valence-corrected chi connectivity index (χ2v) is 11.3. The average Bonchev–Trinajstić information content (AvgIpc) is 3.12. The fourth-order valence-corrected chi connectivity index (χ4v) is 5.71. The number of nitrogens with one attached hydrogen (secondary N) is 1. The van der Waals surface area contributed by atoms with Gasteiger partial charge in [-0.05, 0) is 61.4 Å². The molecule has 0 spiro atoms. The summed E-state index contributed by atoms with van der Waals surface area (Å²) in [5, 5.41) is 16.5. The summed E-state index contributed by atoms with van der Waals surface area (Å²) in [6, 6.07) is 11.9. The molecule has 1 aliphatic carbocycles. The number of amides is 3. The average molecular weight is 530 g/mol. The second-order valence-electron chi connectivity index (χ2n) is 8.42. The number of allylic oxidation sites excluding steroid dienone is 2. The Kier molecular flexibility index (Phi) is 7.29. The van der Waals surface area contributed by atoms with Gasteiger partial charge in [-0.2, -0.15) is 0 Å². The molecule has 0 saturated carbocycles. The van der Waals surface area contributed by atoms with Gasteiger partial charge in [-0.25, -0.2) is 18.5 Å². The van der Waals surface area contributed by atoms with E-state index in [2.05, 4.69) is 5.32 Å². The third-order valence-electron chi connectivity index (χ3n) is 6.02. The van der Waals surface area contributed by atoms with E-state index in [9.17, 15) is 32.7 Å². The molecule has 3 unspecified atom stereocenters. The molecule has 4 rings (SSSR count). The zero-order valence-electron chi connectivity index (χ0n) is 18.9. The van der Waals surface area contributed by atoms with Crippen molar-refractivity contribution < 1.29 is 32.7 Å². The Morgan fingerprint density at radius 1 is 0.972 bits per heavy atom. The zero-order chi connectivity index (χ0) is 26.0. The van der Waals surface area contributed by atoms with Crippen LogP contribution in [0.2, 0.25) is 0 Å². The van der Waals surface area contributed by atoms with Crippen molar-refractivity contribution in [2.45, 2.75) is 34.3 Å². The van der Waals surface area contributed by atoms with Crippen LogP contribution in [-0.2, 0) is 29.2 Å². The predicted octanol–water partition coefficient (Wildman–Crippen LogP) is 2.36. The lowest BCUT2D eigenvalue weighted by atomic mass is 9.82. The number of carbonyl (C=O) groups excluding carboxylic acids is 3. The minimum atomic E-state index is -3.89. The molecule has 12 heteroatoms. The van der Waals surface area contributed by atoms with E-state index in [1.54, 1.807) is 36.4 Å². The highest BCUT2D eigenvalue weighted by Crippen LogP contribution is 2.35.